The first-order valence-electron chi connectivity index (χ1n) is 6.62. The highest BCUT2D eigenvalue weighted by Gasteiger charge is 2.42. The molecule has 0 saturated heterocycles. The zero-order valence-electron chi connectivity index (χ0n) is 10.3. The number of carbonyl (C=O) groups is 1. The average molecular weight is 309 g/mol. The fourth-order valence-corrected chi connectivity index (χ4v) is 4.14. The molecule has 0 aromatic heterocycles. The lowest BCUT2D eigenvalue weighted by Gasteiger charge is -2.37. The Hall–Kier alpha value is -0.830. The van der Waals surface area contributed by atoms with Gasteiger partial charge >= 0.3 is 5.97 Å². The summed E-state index contributed by atoms with van der Waals surface area (Å²) >= 11 is 3.53. The van der Waals surface area contributed by atoms with Gasteiger partial charge in [-0.1, -0.05) is 22.0 Å². The summed E-state index contributed by atoms with van der Waals surface area (Å²) in [7, 11) is 0. The third kappa shape index (κ3) is 1.89. The number of benzene rings is 1. The first kappa shape index (κ1) is 12.2. The third-order valence-corrected chi connectivity index (χ3v) is 5.30. The van der Waals surface area contributed by atoms with Crippen LogP contribution < -0.4 is 0 Å². The van der Waals surface area contributed by atoms with Crippen LogP contribution in [0.5, 0.6) is 0 Å². The van der Waals surface area contributed by atoms with Gasteiger partial charge in [-0.3, -0.25) is 4.79 Å². The normalized spacial score (nSPS) is 30.4. The van der Waals surface area contributed by atoms with Crippen molar-refractivity contribution < 1.29 is 9.90 Å². The summed E-state index contributed by atoms with van der Waals surface area (Å²) in [6.07, 6.45) is 6.10. The monoisotopic (exact) mass is 308 g/mol. The highest BCUT2D eigenvalue weighted by molar-refractivity contribution is 9.10. The molecule has 18 heavy (non-hydrogen) atoms. The van der Waals surface area contributed by atoms with Crippen LogP contribution in [-0.2, 0) is 16.6 Å². The Morgan fingerprint density at radius 2 is 2.00 bits per heavy atom. The van der Waals surface area contributed by atoms with Crippen LogP contribution in [0.15, 0.2) is 22.7 Å². The largest absolute Gasteiger partial charge is 0.481 e. The Morgan fingerprint density at radius 1 is 1.28 bits per heavy atom. The van der Waals surface area contributed by atoms with E-state index >= 15 is 0 Å². The molecule has 1 N–H and O–H groups in total. The maximum absolute atomic E-state index is 11.0. The Bertz CT molecular complexity index is 487. The lowest BCUT2D eigenvalue weighted by atomic mass is 9.67. The van der Waals surface area contributed by atoms with Crippen LogP contribution >= 0.6 is 15.9 Å². The maximum atomic E-state index is 11.0. The molecule has 0 unspecified atom stereocenters. The van der Waals surface area contributed by atoms with E-state index in [0.717, 1.165) is 36.6 Å². The van der Waals surface area contributed by atoms with Gasteiger partial charge < -0.3 is 5.11 Å². The topological polar surface area (TPSA) is 37.3 Å². The van der Waals surface area contributed by atoms with Crippen molar-refractivity contribution in [2.24, 2.45) is 5.92 Å². The Balaban J connectivity index is 1.86. The van der Waals surface area contributed by atoms with Crippen LogP contribution in [0.2, 0.25) is 0 Å². The van der Waals surface area contributed by atoms with E-state index in [4.69, 9.17) is 5.11 Å². The van der Waals surface area contributed by atoms with E-state index in [9.17, 15) is 4.79 Å². The van der Waals surface area contributed by atoms with Gasteiger partial charge in [-0.25, -0.2) is 0 Å². The number of aryl methyl sites for hydroxylation is 1. The molecule has 0 aliphatic heterocycles. The molecular weight excluding hydrogens is 292 g/mol. The molecule has 2 aliphatic rings. The summed E-state index contributed by atoms with van der Waals surface area (Å²) in [6, 6.07) is 6.59. The van der Waals surface area contributed by atoms with Gasteiger partial charge in [0.05, 0.1) is 5.92 Å². The number of hydrogen-bond acceptors (Lipinski definition) is 1. The molecule has 1 aromatic carbocycles. The molecule has 96 valence electrons. The first-order valence-corrected chi connectivity index (χ1v) is 7.42. The smallest absolute Gasteiger partial charge is 0.306 e. The van der Waals surface area contributed by atoms with E-state index in [2.05, 4.69) is 34.1 Å². The van der Waals surface area contributed by atoms with Gasteiger partial charge in [-0.05, 0) is 67.2 Å². The van der Waals surface area contributed by atoms with Crippen molar-refractivity contribution in [3.8, 4) is 0 Å². The van der Waals surface area contributed by atoms with Gasteiger partial charge in [0.1, 0.15) is 0 Å². The lowest BCUT2D eigenvalue weighted by Crippen LogP contribution is -2.32. The van der Waals surface area contributed by atoms with Gasteiger partial charge in [0, 0.05) is 4.47 Å². The number of hydrogen-bond donors (Lipinski definition) is 1. The average Bonchev–Trinajstić information content (AvgIpc) is 2.68. The zero-order chi connectivity index (χ0) is 12.8. The molecule has 3 heteroatoms. The number of carboxylic acids is 1. The number of rotatable bonds is 1. The number of aliphatic carboxylic acids is 1. The minimum absolute atomic E-state index is 0.116. The second-order valence-electron chi connectivity index (χ2n) is 5.69. The standard InChI is InChI=1S/C15H17BrO2/c16-12-1-2-13-11(9-12)5-8-15(13)6-3-10(4-7-15)14(17)18/h1-2,9-10H,3-8H2,(H,17,18)/t10-,15-. The fourth-order valence-electron chi connectivity index (χ4n) is 3.73. The van der Waals surface area contributed by atoms with Gasteiger partial charge in [0.25, 0.3) is 0 Å². The van der Waals surface area contributed by atoms with Gasteiger partial charge in [-0.15, -0.1) is 0 Å². The van der Waals surface area contributed by atoms with E-state index in [1.165, 1.54) is 17.5 Å². The molecule has 2 nitrogen and oxygen atoms in total. The second-order valence-corrected chi connectivity index (χ2v) is 6.61. The zero-order valence-corrected chi connectivity index (χ0v) is 11.9. The molecule has 1 aromatic rings. The molecule has 0 bridgehead atoms. The van der Waals surface area contributed by atoms with E-state index in [0.29, 0.717) is 0 Å². The minimum atomic E-state index is -0.612. The SMILES string of the molecule is O=C(O)[C@H]1CC[C@@]2(CCc3cc(Br)ccc32)CC1. The minimum Gasteiger partial charge on any atom is -0.481 e. The summed E-state index contributed by atoms with van der Waals surface area (Å²) in [5.41, 5.74) is 3.22. The fraction of sp³-hybridized carbons (Fsp3) is 0.533. The highest BCUT2D eigenvalue weighted by atomic mass is 79.9. The van der Waals surface area contributed by atoms with E-state index in [-0.39, 0.29) is 11.3 Å². The summed E-state index contributed by atoms with van der Waals surface area (Å²) in [5, 5.41) is 9.09. The van der Waals surface area contributed by atoms with Crippen molar-refractivity contribution in [2.45, 2.75) is 43.9 Å². The molecule has 3 rings (SSSR count). The van der Waals surface area contributed by atoms with Crippen LogP contribution in [0.1, 0.15) is 43.2 Å². The number of fused-ring (bicyclic) bond motifs is 2. The molecule has 0 heterocycles. The van der Waals surface area contributed by atoms with E-state index in [1.807, 2.05) is 0 Å². The summed E-state index contributed by atoms with van der Waals surface area (Å²) in [5.74, 6) is -0.728. The molecule has 2 aliphatic carbocycles. The van der Waals surface area contributed by atoms with Crippen LogP contribution in [0.25, 0.3) is 0 Å². The third-order valence-electron chi connectivity index (χ3n) is 4.80. The van der Waals surface area contributed by atoms with E-state index < -0.39 is 5.97 Å². The van der Waals surface area contributed by atoms with Crippen LogP contribution in [0.4, 0.5) is 0 Å². The van der Waals surface area contributed by atoms with Crippen molar-refractivity contribution in [3.05, 3.63) is 33.8 Å². The molecular formula is C15H17BrO2. The van der Waals surface area contributed by atoms with Crippen LogP contribution in [-0.4, -0.2) is 11.1 Å². The van der Waals surface area contributed by atoms with E-state index in [1.54, 1.807) is 0 Å². The first-order chi connectivity index (χ1) is 8.61. The predicted octanol–water partition coefficient (Wildman–Crippen LogP) is 3.91. The Morgan fingerprint density at radius 3 is 2.67 bits per heavy atom. The van der Waals surface area contributed by atoms with Gasteiger partial charge in [0.2, 0.25) is 0 Å². The van der Waals surface area contributed by atoms with Crippen LogP contribution in [0.3, 0.4) is 0 Å². The lowest BCUT2D eigenvalue weighted by molar-refractivity contribution is -0.143. The second kappa shape index (κ2) is 4.37. The number of halogens is 1. The van der Waals surface area contributed by atoms with Crippen molar-refractivity contribution in [1.82, 2.24) is 0 Å². The van der Waals surface area contributed by atoms with Crippen molar-refractivity contribution in [1.29, 1.82) is 0 Å². The molecule has 0 amide bonds. The van der Waals surface area contributed by atoms with Gasteiger partial charge in [-0.2, -0.15) is 0 Å². The molecule has 1 spiro atoms. The van der Waals surface area contributed by atoms with Crippen molar-refractivity contribution in [2.75, 3.05) is 0 Å². The Kier molecular flexibility index (Phi) is 2.97. The van der Waals surface area contributed by atoms with Crippen molar-refractivity contribution in [3.63, 3.8) is 0 Å². The van der Waals surface area contributed by atoms with Crippen molar-refractivity contribution >= 4 is 21.9 Å². The predicted molar refractivity (Wildman–Crippen MR) is 73.7 cm³/mol. The summed E-state index contributed by atoms with van der Waals surface area (Å²) in [4.78, 5) is 11.0. The quantitative estimate of drug-likeness (QED) is 0.854. The molecule has 0 atom stereocenters. The van der Waals surface area contributed by atoms with Crippen LogP contribution in [0, 0.1) is 5.92 Å². The summed E-state index contributed by atoms with van der Waals surface area (Å²) in [6.45, 7) is 0. The summed E-state index contributed by atoms with van der Waals surface area (Å²) < 4.78 is 1.15. The van der Waals surface area contributed by atoms with Gasteiger partial charge in [0.15, 0.2) is 0 Å². The molecule has 1 saturated carbocycles. The Labute approximate surface area is 116 Å². The number of carboxylic acid groups (broad SMARTS) is 1. The highest BCUT2D eigenvalue weighted by Crippen LogP contribution is 2.50. The molecule has 1 fully saturated rings. The maximum Gasteiger partial charge on any atom is 0.306 e. The molecule has 0 radical (unpaired) electrons.